The number of nitrogens with zero attached hydrogens (tertiary/aromatic N) is 3. The van der Waals surface area contributed by atoms with Crippen molar-refractivity contribution in [3.05, 3.63) is 64.5 Å². The molecular weight excluding hydrogens is 364 g/mol. The van der Waals surface area contributed by atoms with Gasteiger partial charge in [-0.15, -0.1) is 10.2 Å². The second-order valence-electron chi connectivity index (χ2n) is 5.58. The highest BCUT2D eigenvalue weighted by molar-refractivity contribution is 7.18. The van der Waals surface area contributed by atoms with Gasteiger partial charge in [-0.2, -0.15) is 5.26 Å². The summed E-state index contributed by atoms with van der Waals surface area (Å²) in [5, 5.41) is 21.8. The van der Waals surface area contributed by atoms with E-state index in [1.54, 1.807) is 55.6 Å². The Balaban J connectivity index is 1.66. The molecule has 132 valence electrons. The molecule has 0 unspecified atom stereocenters. The van der Waals surface area contributed by atoms with Crippen LogP contribution in [0.5, 0.6) is 5.75 Å². The summed E-state index contributed by atoms with van der Waals surface area (Å²) in [5.41, 5.74) is 1.68. The second-order valence-corrected chi connectivity index (χ2v) is 6.56. The second kappa shape index (κ2) is 6.90. The van der Waals surface area contributed by atoms with Gasteiger partial charge in [0.1, 0.15) is 11.3 Å². The zero-order chi connectivity index (χ0) is 18.8. The smallest absolute Gasteiger partial charge is 0.346 e. The molecule has 0 amide bonds. The maximum absolute atomic E-state index is 12.3. The summed E-state index contributed by atoms with van der Waals surface area (Å²) < 4.78 is 10.6. The van der Waals surface area contributed by atoms with Gasteiger partial charge in [-0.05, 0) is 48.5 Å². The van der Waals surface area contributed by atoms with E-state index in [9.17, 15) is 4.79 Å². The summed E-state index contributed by atoms with van der Waals surface area (Å²) in [6.45, 7) is 0. The van der Waals surface area contributed by atoms with E-state index in [1.807, 2.05) is 0 Å². The molecule has 0 fully saturated rings. The summed E-state index contributed by atoms with van der Waals surface area (Å²) in [6, 6.07) is 16.0. The number of hydrogen-bond donors (Lipinski definition) is 1. The largest absolute Gasteiger partial charge is 0.497 e. The van der Waals surface area contributed by atoms with E-state index in [-0.39, 0.29) is 0 Å². The molecule has 2 aromatic carbocycles. The predicted octanol–water partition coefficient (Wildman–Crippen LogP) is 3.94. The Bertz CT molecular complexity index is 1220. The van der Waals surface area contributed by atoms with E-state index in [1.165, 1.54) is 11.3 Å². The molecule has 7 nitrogen and oxygen atoms in total. The Kier molecular flexibility index (Phi) is 4.28. The van der Waals surface area contributed by atoms with Crippen LogP contribution in [0.3, 0.4) is 0 Å². The standard InChI is InChI=1S/C19H12N4O3S/c1-25-14-6-7-16-12(8-14)9-15(18(24)26-16)17-22-23-19(27-17)21-13-4-2-11(10-20)3-5-13/h2-9H,1H3,(H,21,23). The van der Waals surface area contributed by atoms with Crippen LogP contribution in [0.1, 0.15) is 5.56 Å². The number of rotatable bonds is 4. The van der Waals surface area contributed by atoms with Gasteiger partial charge < -0.3 is 14.5 Å². The van der Waals surface area contributed by atoms with Gasteiger partial charge in [-0.3, -0.25) is 0 Å². The lowest BCUT2D eigenvalue weighted by atomic mass is 10.2. The molecular formula is C19H12N4O3S. The lowest BCUT2D eigenvalue weighted by molar-refractivity contribution is 0.415. The normalized spacial score (nSPS) is 10.5. The lowest BCUT2D eigenvalue weighted by Crippen LogP contribution is -2.02. The van der Waals surface area contributed by atoms with Crippen molar-refractivity contribution in [1.82, 2.24) is 10.2 Å². The van der Waals surface area contributed by atoms with Crippen molar-refractivity contribution in [2.24, 2.45) is 0 Å². The Morgan fingerprint density at radius 1 is 1.15 bits per heavy atom. The fourth-order valence-electron chi connectivity index (χ4n) is 2.51. The Morgan fingerprint density at radius 2 is 1.96 bits per heavy atom. The number of nitriles is 1. The van der Waals surface area contributed by atoms with Gasteiger partial charge in [0.2, 0.25) is 5.13 Å². The molecule has 27 heavy (non-hydrogen) atoms. The van der Waals surface area contributed by atoms with Crippen LogP contribution in [0.25, 0.3) is 21.5 Å². The summed E-state index contributed by atoms with van der Waals surface area (Å²) in [4.78, 5) is 12.3. The number of aromatic nitrogens is 2. The molecule has 2 heterocycles. The maximum Gasteiger partial charge on any atom is 0.346 e. The third kappa shape index (κ3) is 3.36. The number of ether oxygens (including phenoxy) is 1. The molecule has 2 aromatic heterocycles. The number of benzene rings is 2. The lowest BCUT2D eigenvalue weighted by Gasteiger charge is -2.02. The monoisotopic (exact) mass is 376 g/mol. The third-order valence-electron chi connectivity index (χ3n) is 3.86. The number of fused-ring (bicyclic) bond motifs is 1. The van der Waals surface area contributed by atoms with Crippen LogP contribution < -0.4 is 15.7 Å². The Labute approximate surface area is 157 Å². The van der Waals surface area contributed by atoms with E-state index in [4.69, 9.17) is 14.4 Å². The molecule has 4 aromatic rings. The van der Waals surface area contributed by atoms with E-state index >= 15 is 0 Å². The van der Waals surface area contributed by atoms with Crippen molar-refractivity contribution >= 4 is 33.1 Å². The van der Waals surface area contributed by atoms with Gasteiger partial charge in [0.05, 0.1) is 24.3 Å². The van der Waals surface area contributed by atoms with E-state index in [2.05, 4.69) is 21.6 Å². The summed E-state index contributed by atoms with van der Waals surface area (Å²) >= 11 is 1.23. The van der Waals surface area contributed by atoms with Crippen molar-refractivity contribution < 1.29 is 9.15 Å². The topological polar surface area (TPSA) is 101 Å². The molecule has 0 aliphatic carbocycles. The van der Waals surface area contributed by atoms with Crippen molar-refractivity contribution in [2.75, 3.05) is 12.4 Å². The van der Waals surface area contributed by atoms with Crippen molar-refractivity contribution in [2.45, 2.75) is 0 Å². The molecule has 0 bridgehead atoms. The van der Waals surface area contributed by atoms with Crippen LogP contribution in [0.15, 0.2) is 57.7 Å². The van der Waals surface area contributed by atoms with E-state index in [0.29, 0.717) is 32.6 Å². The minimum Gasteiger partial charge on any atom is -0.497 e. The first-order valence-electron chi connectivity index (χ1n) is 7.89. The quantitative estimate of drug-likeness (QED) is 0.538. The van der Waals surface area contributed by atoms with Crippen LogP contribution in [-0.4, -0.2) is 17.3 Å². The first kappa shape index (κ1) is 16.8. The predicted molar refractivity (Wildman–Crippen MR) is 102 cm³/mol. The van der Waals surface area contributed by atoms with E-state index in [0.717, 1.165) is 11.1 Å². The zero-order valence-electron chi connectivity index (χ0n) is 14.1. The molecule has 1 N–H and O–H groups in total. The van der Waals surface area contributed by atoms with Crippen LogP contribution in [0, 0.1) is 11.3 Å². The van der Waals surface area contributed by atoms with Gasteiger partial charge in [0.25, 0.3) is 0 Å². The van der Waals surface area contributed by atoms with Gasteiger partial charge in [-0.25, -0.2) is 4.79 Å². The average Bonchev–Trinajstić information content (AvgIpc) is 3.16. The zero-order valence-corrected chi connectivity index (χ0v) is 14.9. The number of methoxy groups -OCH3 is 1. The summed E-state index contributed by atoms with van der Waals surface area (Å²) in [5.74, 6) is 0.669. The van der Waals surface area contributed by atoms with Gasteiger partial charge in [0.15, 0.2) is 5.01 Å². The van der Waals surface area contributed by atoms with Crippen LogP contribution in [0.2, 0.25) is 0 Å². The van der Waals surface area contributed by atoms with Crippen molar-refractivity contribution in [1.29, 1.82) is 5.26 Å². The minimum absolute atomic E-state index is 0.334. The molecule has 0 aliphatic heterocycles. The highest BCUT2D eigenvalue weighted by Crippen LogP contribution is 2.29. The molecule has 8 heteroatoms. The van der Waals surface area contributed by atoms with Crippen LogP contribution >= 0.6 is 11.3 Å². The maximum atomic E-state index is 12.3. The number of hydrogen-bond acceptors (Lipinski definition) is 8. The molecule has 0 aliphatic rings. The summed E-state index contributed by atoms with van der Waals surface area (Å²) in [6.07, 6.45) is 0. The number of nitrogens with one attached hydrogen (secondary N) is 1. The third-order valence-corrected chi connectivity index (χ3v) is 4.73. The SMILES string of the molecule is COc1ccc2oc(=O)c(-c3nnc(Nc4ccc(C#N)cc4)s3)cc2c1. The Morgan fingerprint density at radius 3 is 2.70 bits per heavy atom. The fraction of sp³-hybridized carbons (Fsp3) is 0.0526. The van der Waals surface area contributed by atoms with Gasteiger partial charge in [-0.1, -0.05) is 11.3 Å². The van der Waals surface area contributed by atoms with E-state index < -0.39 is 5.63 Å². The van der Waals surface area contributed by atoms with Crippen molar-refractivity contribution in [3.63, 3.8) is 0 Å². The molecule has 0 saturated carbocycles. The van der Waals surface area contributed by atoms with Crippen LogP contribution in [0.4, 0.5) is 10.8 Å². The fourth-order valence-corrected chi connectivity index (χ4v) is 3.28. The average molecular weight is 376 g/mol. The highest BCUT2D eigenvalue weighted by Gasteiger charge is 2.14. The molecule has 4 rings (SSSR count). The van der Waals surface area contributed by atoms with Crippen molar-refractivity contribution in [3.8, 4) is 22.4 Å². The summed E-state index contributed by atoms with van der Waals surface area (Å²) in [7, 11) is 1.58. The van der Waals surface area contributed by atoms with Crippen LogP contribution in [-0.2, 0) is 0 Å². The molecule has 0 saturated heterocycles. The first-order chi connectivity index (χ1) is 13.2. The van der Waals surface area contributed by atoms with Gasteiger partial charge >= 0.3 is 5.63 Å². The van der Waals surface area contributed by atoms with Gasteiger partial charge in [0, 0.05) is 11.1 Å². The molecule has 0 radical (unpaired) electrons. The minimum atomic E-state index is -0.478. The molecule has 0 spiro atoms. The highest BCUT2D eigenvalue weighted by atomic mass is 32.1. The molecule has 0 atom stereocenters. The first-order valence-corrected chi connectivity index (χ1v) is 8.71. The number of anilines is 2. The Hall–Kier alpha value is -3.70.